The second kappa shape index (κ2) is 7.62. The molecule has 1 aliphatic heterocycles. The Hall–Kier alpha value is -2.14. The summed E-state index contributed by atoms with van der Waals surface area (Å²) in [7, 11) is 0. The number of unbranched alkanes of at least 4 members (excludes halogenated alkanes) is 1. The molecule has 1 N–H and O–H groups in total. The van der Waals surface area contributed by atoms with E-state index in [0.29, 0.717) is 12.5 Å². The minimum absolute atomic E-state index is 0.0567. The molecule has 4 rings (SSSR count). The molecule has 1 fully saturated rings. The quantitative estimate of drug-likeness (QED) is 0.775. The van der Waals surface area contributed by atoms with Crippen LogP contribution in [-0.2, 0) is 19.5 Å². The summed E-state index contributed by atoms with van der Waals surface area (Å²) < 4.78 is 5.72. The van der Waals surface area contributed by atoms with Crippen molar-refractivity contribution in [2.45, 2.75) is 58.0 Å². The van der Waals surface area contributed by atoms with Gasteiger partial charge in [0.15, 0.2) is 0 Å². The van der Waals surface area contributed by atoms with E-state index in [4.69, 9.17) is 9.72 Å². The van der Waals surface area contributed by atoms with Crippen molar-refractivity contribution in [2.75, 3.05) is 13.2 Å². The predicted molar refractivity (Wildman–Crippen MR) is 101 cm³/mol. The van der Waals surface area contributed by atoms with Crippen LogP contribution >= 0.6 is 0 Å². The number of fused-ring (bicyclic) bond motifs is 1. The van der Waals surface area contributed by atoms with Crippen LogP contribution in [0.15, 0.2) is 29.1 Å². The molecule has 1 aromatic heterocycles. The van der Waals surface area contributed by atoms with Crippen molar-refractivity contribution >= 4 is 0 Å². The zero-order valence-corrected chi connectivity index (χ0v) is 15.5. The molecular formula is C21H27N3O2. The first kappa shape index (κ1) is 17.3. The van der Waals surface area contributed by atoms with E-state index in [-0.39, 0.29) is 5.56 Å². The van der Waals surface area contributed by atoms with Gasteiger partial charge in [0.1, 0.15) is 11.6 Å². The SMILES string of the molecule is CCCCOc1ccc(CN2CCc3nc(C4CC4)[nH]c(=O)c3C2)cc1. The fraction of sp³-hybridized carbons (Fsp3) is 0.524. The van der Waals surface area contributed by atoms with E-state index in [0.717, 1.165) is 74.6 Å². The topological polar surface area (TPSA) is 58.2 Å². The smallest absolute Gasteiger partial charge is 0.255 e. The van der Waals surface area contributed by atoms with Crippen LogP contribution in [0.5, 0.6) is 5.75 Å². The summed E-state index contributed by atoms with van der Waals surface area (Å²) in [5, 5.41) is 0. The monoisotopic (exact) mass is 353 g/mol. The number of rotatable bonds is 7. The van der Waals surface area contributed by atoms with E-state index >= 15 is 0 Å². The molecule has 0 radical (unpaired) electrons. The highest BCUT2D eigenvalue weighted by molar-refractivity contribution is 5.28. The van der Waals surface area contributed by atoms with Crippen LogP contribution in [0.4, 0.5) is 0 Å². The van der Waals surface area contributed by atoms with Crippen molar-refractivity contribution in [1.82, 2.24) is 14.9 Å². The highest BCUT2D eigenvalue weighted by atomic mass is 16.5. The molecule has 0 unspecified atom stereocenters. The number of benzene rings is 1. The Morgan fingerprint density at radius 3 is 2.81 bits per heavy atom. The molecule has 1 saturated carbocycles. The Bertz CT molecular complexity index is 809. The number of nitrogens with zero attached hydrogens (tertiary/aromatic N) is 2. The molecule has 138 valence electrons. The Morgan fingerprint density at radius 2 is 2.08 bits per heavy atom. The van der Waals surface area contributed by atoms with Crippen molar-refractivity contribution in [3.05, 3.63) is 57.3 Å². The van der Waals surface area contributed by atoms with Crippen LogP contribution in [0.25, 0.3) is 0 Å². The van der Waals surface area contributed by atoms with Crippen LogP contribution in [0.3, 0.4) is 0 Å². The van der Waals surface area contributed by atoms with E-state index in [2.05, 4.69) is 28.9 Å². The number of aromatic nitrogens is 2. The maximum absolute atomic E-state index is 12.4. The standard InChI is InChI=1S/C21H27N3O2/c1-2-3-12-26-17-8-4-15(5-9-17)13-24-11-10-19-18(14-24)21(25)23-20(22-19)16-6-7-16/h4-5,8-9,16H,2-3,6-7,10-14H2,1H3,(H,22,23,25). The summed E-state index contributed by atoms with van der Waals surface area (Å²) in [5.74, 6) is 2.32. The summed E-state index contributed by atoms with van der Waals surface area (Å²) in [6.45, 7) is 5.41. The fourth-order valence-electron chi connectivity index (χ4n) is 3.47. The minimum Gasteiger partial charge on any atom is -0.494 e. The molecule has 2 aliphatic rings. The van der Waals surface area contributed by atoms with Gasteiger partial charge in [0.2, 0.25) is 0 Å². The lowest BCUT2D eigenvalue weighted by molar-refractivity contribution is 0.241. The van der Waals surface area contributed by atoms with Gasteiger partial charge in [0.25, 0.3) is 5.56 Å². The van der Waals surface area contributed by atoms with Gasteiger partial charge in [-0.05, 0) is 37.0 Å². The first-order valence-electron chi connectivity index (χ1n) is 9.79. The maximum Gasteiger partial charge on any atom is 0.255 e. The molecule has 1 aromatic carbocycles. The van der Waals surface area contributed by atoms with E-state index in [1.165, 1.54) is 5.56 Å². The number of hydrogen-bond donors (Lipinski definition) is 1. The third kappa shape index (κ3) is 3.98. The Labute approximate surface area is 154 Å². The van der Waals surface area contributed by atoms with E-state index < -0.39 is 0 Å². The van der Waals surface area contributed by atoms with Crippen molar-refractivity contribution in [1.29, 1.82) is 0 Å². The predicted octanol–water partition coefficient (Wildman–Crippen LogP) is 3.38. The highest BCUT2D eigenvalue weighted by Crippen LogP contribution is 2.37. The number of ether oxygens (including phenoxy) is 1. The third-order valence-corrected chi connectivity index (χ3v) is 5.23. The van der Waals surface area contributed by atoms with Gasteiger partial charge in [0.05, 0.1) is 17.9 Å². The van der Waals surface area contributed by atoms with Gasteiger partial charge in [-0.1, -0.05) is 25.5 Å². The van der Waals surface area contributed by atoms with E-state index in [1.807, 2.05) is 12.1 Å². The molecule has 0 spiro atoms. The largest absolute Gasteiger partial charge is 0.494 e. The lowest BCUT2D eigenvalue weighted by Crippen LogP contribution is -2.35. The Balaban J connectivity index is 1.39. The molecule has 5 heteroatoms. The lowest BCUT2D eigenvalue weighted by Gasteiger charge is -2.27. The van der Waals surface area contributed by atoms with Crippen LogP contribution in [-0.4, -0.2) is 28.0 Å². The van der Waals surface area contributed by atoms with Crippen LogP contribution < -0.4 is 10.3 Å². The number of nitrogens with one attached hydrogen (secondary N) is 1. The fourth-order valence-corrected chi connectivity index (χ4v) is 3.47. The van der Waals surface area contributed by atoms with Crippen LogP contribution in [0.1, 0.15) is 61.2 Å². The molecule has 1 aliphatic carbocycles. The van der Waals surface area contributed by atoms with Crippen molar-refractivity contribution in [3.63, 3.8) is 0 Å². The summed E-state index contributed by atoms with van der Waals surface area (Å²) >= 11 is 0. The molecule has 2 heterocycles. The van der Waals surface area contributed by atoms with Gasteiger partial charge in [0, 0.05) is 32.0 Å². The normalized spacial score (nSPS) is 17.1. The Morgan fingerprint density at radius 1 is 1.27 bits per heavy atom. The third-order valence-electron chi connectivity index (χ3n) is 5.23. The first-order chi connectivity index (χ1) is 12.7. The first-order valence-corrected chi connectivity index (χ1v) is 9.79. The molecular weight excluding hydrogens is 326 g/mol. The summed E-state index contributed by atoms with van der Waals surface area (Å²) in [4.78, 5) is 22.5. The minimum atomic E-state index is 0.0567. The summed E-state index contributed by atoms with van der Waals surface area (Å²) in [5.41, 5.74) is 3.16. The molecule has 2 aromatic rings. The van der Waals surface area contributed by atoms with Crippen LogP contribution in [0, 0.1) is 0 Å². The number of hydrogen-bond acceptors (Lipinski definition) is 4. The van der Waals surface area contributed by atoms with E-state index in [1.54, 1.807) is 0 Å². The Kier molecular flexibility index (Phi) is 5.07. The van der Waals surface area contributed by atoms with Gasteiger partial charge in [-0.25, -0.2) is 4.98 Å². The molecule has 0 atom stereocenters. The van der Waals surface area contributed by atoms with Crippen LogP contribution in [0.2, 0.25) is 0 Å². The average molecular weight is 353 g/mol. The van der Waals surface area contributed by atoms with Gasteiger partial charge >= 0.3 is 0 Å². The second-order valence-corrected chi connectivity index (χ2v) is 7.46. The molecule has 0 bridgehead atoms. The number of aromatic amines is 1. The van der Waals surface area contributed by atoms with Gasteiger partial charge in [-0.3, -0.25) is 9.69 Å². The van der Waals surface area contributed by atoms with E-state index in [9.17, 15) is 4.79 Å². The zero-order valence-electron chi connectivity index (χ0n) is 15.5. The van der Waals surface area contributed by atoms with Gasteiger partial charge in [-0.15, -0.1) is 0 Å². The second-order valence-electron chi connectivity index (χ2n) is 7.46. The van der Waals surface area contributed by atoms with Crippen molar-refractivity contribution in [3.8, 4) is 5.75 Å². The maximum atomic E-state index is 12.4. The lowest BCUT2D eigenvalue weighted by atomic mass is 10.1. The molecule has 0 saturated heterocycles. The van der Waals surface area contributed by atoms with Gasteiger partial charge in [-0.2, -0.15) is 0 Å². The summed E-state index contributed by atoms with van der Waals surface area (Å²) in [6.07, 6.45) is 5.40. The zero-order chi connectivity index (χ0) is 17.9. The average Bonchev–Trinajstić information content (AvgIpc) is 3.49. The molecule has 5 nitrogen and oxygen atoms in total. The summed E-state index contributed by atoms with van der Waals surface area (Å²) in [6, 6.07) is 8.32. The van der Waals surface area contributed by atoms with Crippen molar-refractivity contribution in [2.24, 2.45) is 0 Å². The van der Waals surface area contributed by atoms with Gasteiger partial charge < -0.3 is 9.72 Å². The molecule has 0 amide bonds. The highest BCUT2D eigenvalue weighted by Gasteiger charge is 2.29. The van der Waals surface area contributed by atoms with Crippen molar-refractivity contribution < 1.29 is 4.74 Å². The number of H-pyrrole nitrogens is 1. The molecule has 26 heavy (non-hydrogen) atoms.